The van der Waals surface area contributed by atoms with E-state index in [1.165, 1.54) is 5.57 Å². The molecule has 0 aliphatic carbocycles. The highest BCUT2D eigenvalue weighted by molar-refractivity contribution is 9.11. The first-order valence-corrected chi connectivity index (χ1v) is 8.80. The standard InChI is InChI=1S/C10H19BrOSi/c1-9(2)6-12-7-10(11)8-13(3,4)5/h6,8H,7H2,1-5H3/b10-8-. The Hall–Kier alpha value is -0.0231. The SMILES string of the molecule is CC(C)=COC/C(Br)=C/[Si](C)(C)C. The minimum Gasteiger partial charge on any atom is -0.496 e. The molecule has 0 heterocycles. The molecule has 0 aliphatic heterocycles. The zero-order valence-electron chi connectivity index (χ0n) is 9.15. The van der Waals surface area contributed by atoms with Gasteiger partial charge in [-0.1, -0.05) is 41.3 Å². The van der Waals surface area contributed by atoms with Crippen LogP contribution >= 0.6 is 15.9 Å². The molecule has 13 heavy (non-hydrogen) atoms. The molecule has 0 radical (unpaired) electrons. The van der Waals surface area contributed by atoms with Crippen molar-refractivity contribution in [2.75, 3.05) is 6.61 Å². The van der Waals surface area contributed by atoms with Crippen LogP contribution in [0.4, 0.5) is 0 Å². The fourth-order valence-electron chi connectivity index (χ4n) is 0.799. The van der Waals surface area contributed by atoms with Crippen LogP contribution < -0.4 is 0 Å². The predicted molar refractivity (Wildman–Crippen MR) is 65.7 cm³/mol. The van der Waals surface area contributed by atoms with Crippen LogP contribution in [0.2, 0.25) is 19.6 Å². The predicted octanol–water partition coefficient (Wildman–Crippen LogP) is 4.08. The van der Waals surface area contributed by atoms with Crippen molar-refractivity contribution in [3.05, 3.63) is 22.0 Å². The Morgan fingerprint density at radius 2 is 1.85 bits per heavy atom. The molecule has 0 bridgehead atoms. The summed E-state index contributed by atoms with van der Waals surface area (Å²) in [5.41, 5.74) is 3.49. The second-order valence-corrected chi connectivity index (χ2v) is 10.5. The summed E-state index contributed by atoms with van der Waals surface area (Å²) in [6.07, 6.45) is 1.79. The van der Waals surface area contributed by atoms with Gasteiger partial charge in [0.2, 0.25) is 0 Å². The van der Waals surface area contributed by atoms with Crippen LogP contribution in [0.25, 0.3) is 0 Å². The van der Waals surface area contributed by atoms with Crippen molar-refractivity contribution in [2.24, 2.45) is 0 Å². The van der Waals surface area contributed by atoms with Gasteiger partial charge < -0.3 is 4.74 Å². The number of rotatable bonds is 4. The largest absolute Gasteiger partial charge is 0.496 e. The lowest BCUT2D eigenvalue weighted by atomic mass is 10.4. The van der Waals surface area contributed by atoms with Crippen LogP contribution in [0.1, 0.15) is 13.8 Å². The van der Waals surface area contributed by atoms with E-state index in [9.17, 15) is 0 Å². The van der Waals surface area contributed by atoms with Gasteiger partial charge in [-0.2, -0.15) is 0 Å². The zero-order chi connectivity index (χ0) is 10.5. The lowest BCUT2D eigenvalue weighted by Crippen LogP contribution is -2.16. The third-order valence-electron chi connectivity index (χ3n) is 1.13. The quantitative estimate of drug-likeness (QED) is 0.548. The van der Waals surface area contributed by atoms with Crippen LogP contribution in [-0.2, 0) is 4.74 Å². The Balaban J connectivity index is 3.95. The Bertz CT molecular complexity index is 209. The van der Waals surface area contributed by atoms with Gasteiger partial charge in [-0.3, -0.25) is 0 Å². The number of ether oxygens (including phenoxy) is 1. The van der Waals surface area contributed by atoms with Crippen LogP contribution in [0.3, 0.4) is 0 Å². The molecular formula is C10H19BrOSi. The molecule has 0 N–H and O–H groups in total. The lowest BCUT2D eigenvalue weighted by molar-refractivity contribution is 0.284. The van der Waals surface area contributed by atoms with E-state index < -0.39 is 8.07 Å². The van der Waals surface area contributed by atoms with E-state index in [1.807, 2.05) is 13.8 Å². The topological polar surface area (TPSA) is 9.23 Å². The Morgan fingerprint density at radius 3 is 2.23 bits per heavy atom. The van der Waals surface area contributed by atoms with Gasteiger partial charge in [-0.25, -0.2) is 0 Å². The molecule has 0 atom stereocenters. The molecular weight excluding hydrogens is 244 g/mol. The summed E-state index contributed by atoms with van der Waals surface area (Å²) >= 11 is 3.51. The van der Waals surface area contributed by atoms with Gasteiger partial charge in [-0.15, -0.1) is 0 Å². The van der Waals surface area contributed by atoms with Crippen molar-refractivity contribution in [3.8, 4) is 0 Å². The minimum atomic E-state index is -1.11. The lowest BCUT2D eigenvalue weighted by Gasteiger charge is -2.10. The van der Waals surface area contributed by atoms with Gasteiger partial charge in [0.25, 0.3) is 0 Å². The molecule has 0 amide bonds. The van der Waals surface area contributed by atoms with Crippen molar-refractivity contribution in [1.82, 2.24) is 0 Å². The van der Waals surface area contributed by atoms with E-state index in [1.54, 1.807) is 6.26 Å². The van der Waals surface area contributed by atoms with Crippen molar-refractivity contribution in [3.63, 3.8) is 0 Å². The number of allylic oxidation sites excluding steroid dienone is 1. The summed E-state index contributed by atoms with van der Waals surface area (Å²) in [5, 5.41) is 0. The van der Waals surface area contributed by atoms with E-state index in [4.69, 9.17) is 4.74 Å². The Labute approximate surface area is 91.0 Å². The highest BCUT2D eigenvalue weighted by Crippen LogP contribution is 2.12. The molecule has 76 valence electrons. The summed E-state index contributed by atoms with van der Waals surface area (Å²) in [6.45, 7) is 11.6. The third kappa shape index (κ3) is 9.89. The van der Waals surface area contributed by atoms with E-state index in [0.29, 0.717) is 6.61 Å². The van der Waals surface area contributed by atoms with Crippen molar-refractivity contribution < 1.29 is 4.74 Å². The van der Waals surface area contributed by atoms with Gasteiger partial charge in [0, 0.05) is 4.48 Å². The molecule has 0 spiro atoms. The first-order valence-electron chi connectivity index (χ1n) is 4.43. The molecule has 0 aromatic carbocycles. The third-order valence-corrected chi connectivity index (χ3v) is 3.22. The average molecular weight is 263 g/mol. The van der Waals surface area contributed by atoms with Crippen molar-refractivity contribution >= 4 is 24.0 Å². The highest BCUT2D eigenvalue weighted by atomic mass is 79.9. The van der Waals surface area contributed by atoms with Crippen LogP contribution in [0.15, 0.2) is 22.0 Å². The number of hydrogen-bond donors (Lipinski definition) is 0. The summed E-state index contributed by atoms with van der Waals surface area (Å²) < 4.78 is 6.50. The molecule has 0 aliphatic rings. The molecule has 0 fully saturated rings. The van der Waals surface area contributed by atoms with E-state index >= 15 is 0 Å². The molecule has 0 aromatic rings. The first kappa shape index (κ1) is 13.0. The van der Waals surface area contributed by atoms with Gasteiger partial charge in [-0.05, 0) is 19.4 Å². The van der Waals surface area contributed by atoms with Crippen LogP contribution in [0.5, 0.6) is 0 Å². The molecule has 0 saturated carbocycles. The first-order chi connectivity index (χ1) is 5.81. The molecule has 0 rings (SSSR count). The van der Waals surface area contributed by atoms with E-state index in [2.05, 4.69) is 41.3 Å². The summed E-state index contributed by atoms with van der Waals surface area (Å²) in [4.78, 5) is 0. The second kappa shape index (κ2) is 5.65. The summed E-state index contributed by atoms with van der Waals surface area (Å²) in [6, 6.07) is 0. The smallest absolute Gasteiger partial charge is 0.118 e. The maximum atomic E-state index is 5.35. The van der Waals surface area contributed by atoms with Gasteiger partial charge in [0.05, 0.1) is 14.3 Å². The van der Waals surface area contributed by atoms with Crippen molar-refractivity contribution in [1.29, 1.82) is 0 Å². The van der Waals surface area contributed by atoms with Gasteiger partial charge >= 0.3 is 0 Å². The second-order valence-electron chi connectivity index (χ2n) is 4.46. The number of hydrogen-bond acceptors (Lipinski definition) is 1. The highest BCUT2D eigenvalue weighted by Gasteiger charge is 2.09. The van der Waals surface area contributed by atoms with Crippen molar-refractivity contribution in [2.45, 2.75) is 33.5 Å². The molecule has 0 unspecified atom stereocenters. The monoisotopic (exact) mass is 262 g/mol. The zero-order valence-corrected chi connectivity index (χ0v) is 11.7. The average Bonchev–Trinajstić information content (AvgIpc) is 1.81. The molecule has 0 aromatic heterocycles. The van der Waals surface area contributed by atoms with E-state index in [-0.39, 0.29) is 0 Å². The Kier molecular flexibility index (Phi) is 5.64. The number of halogens is 1. The van der Waals surface area contributed by atoms with Gasteiger partial charge in [0.1, 0.15) is 6.61 Å². The fraction of sp³-hybridized carbons (Fsp3) is 0.600. The molecule has 1 nitrogen and oxygen atoms in total. The van der Waals surface area contributed by atoms with Crippen LogP contribution in [-0.4, -0.2) is 14.7 Å². The fourth-order valence-corrected chi connectivity index (χ4v) is 4.01. The maximum Gasteiger partial charge on any atom is 0.118 e. The maximum absolute atomic E-state index is 5.35. The normalized spacial score (nSPS) is 12.6. The minimum absolute atomic E-state index is 0.648. The van der Waals surface area contributed by atoms with Gasteiger partial charge in [0.15, 0.2) is 0 Å². The van der Waals surface area contributed by atoms with Crippen LogP contribution in [0, 0.1) is 0 Å². The molecule has 0 saturated heterocycles. The summed E-state index contributed by atoms with van der Waals surface area (Å²) in [5.74, 6) is 0. The Morgan fingerprint density at radius 1 is 1.31 bits per heavy atom. The van der Waals surface area contributed by atoms with E-state index in [0.717, 1.165) is 4.48 Å². The summed E-state index contributed by atoms with van der Waals surface area (Å²) in [7, 11) is -1.11. The molecule has 3 heteroatoms.